The Morgan fingerprint density at radius 3 is 2.56 bits per heavy atom. The molecule has 1 atom stereocenters. The predicted octanol–water partition coefficient (Wildman–Crippen LogP) is 7.09. The van der Waals surface area contributed by atoms with Crippen molar-refractivity contribution in [2.75, 3.05) is 6.61 Å². The van der Waals surface area contributed by atoms with Crippen LogP contribution in [-0.4, -0.2) is 35.2 Å². The van der Waals surface area contributed by atoms with Gasteiger partial charge in [-0.25, -0.2) is 9.18 Å². The molecule has 3 aromatic rings. The molecule has 36 heavy (non-hydrogen) atoms. The number of benzene rings is 3. The SMILES string of the molecule is CCCOc1ccc(-c2cccc(C(=O)O)c2F)cc1CC1(C(=O)c2ccc(Cl)cc2Cl)C=CC=N1. The van der Waals surface area contributed by atoms with E-state index in [1.54, 1.807) is 48.7 Å². The molecule has 0 radical (unpaired) electrons. The third-order valence-corrected chi connectivity index (χ3v) is 6.40. The van der Waals surface area contributed by atoms with Crippen LogP contribution in [0.2, 0.25) is 10.0 Å². The number of Topliss-reactive ketones (excluding diaryl/α,β-unsaturated/α-hetero) is 1. The Bertz CT molecular complexity index is 1390. The number of allylic oxidation sites excluding steroid dienone is 1. The van der Waals surface area contributed by atoms with Gasteiger partial charge in [-0.15, -0.1) is 0 Å². The molecule has 0 fully saturated rings. The van der Waals surface area contributed by atoms with Crippen molar-refractivity contribution < 1.29 is 23.8 Å². The average Bonchev–Trinajstić information content (AvgIpc) is 3.32. The first-order valence-electron chi connectivity index (χ1n) is 11.3. The lowest BCUT2D eigenvalue weighted by molar-refractivity contribution is 0.0691. The Labute approximate surface area is 217 Å². The van der Waals surface area contributed by atoms with Crippen molar-refractivity contribution in [3.63, 3.8) is 0 Å². The summed E-state index contributed by atoms with van der Waals surface area (Å²) in [6, 6.07) is 13.9. The van der Waals surface area contributed by atoms with E-state index in [1.165, 1.54) is 24.3 Å². The summed E-state index contributed by atoms with van der Waals surface area (Å²) in [5, 5.41) is 9.95. The Morgan fingerprint density at radius 2 is 1.89 bits per heavy atom. The van der Waals surface area contributed by atoms with Gasteiger partial charge in [0.15, 0.2) is 5.78 Å². The van der Waals surface area contributed by atoms with E-state index < -0.39 is 22.9 Å². The Hall–Kier alpha value is -3.48. The van der Waals surface area contributed by atoms with Gasteiger partial charge in [-0.3, -0.25) is 9.79 Å². The first-order valence-corrected chi connectivity index (χ1v) is 12.0. The van der Waals surface area contributed by atoms with Crippen LogP contribution >= 0.6 is 23.2 Å². The van der Waals surface area contributed by atoms with E-state index in [4.69, 9.17) is 27.9 Å². The van der Waals surface area contributed by atoms with E-state index in [2.05, 4.69) is 4.99 Å². The summed E-state index contributed by atoms with van der Waals surface area (Å²) in [5.74, 6) is -1.98. The summed E-state index contributed by atoms with van der Waals surface area (Å²) in [6.07, 6.45) is 5.81. The maximum absolute atomic E-state index is 15.0. The van der Waals surface area contributed by atoms with Crippen molar-refractivity contribution in [3.8, 4) is 16.9 Å². The normalized spacial score (nSPS) is 16.3. The topological polar surface area (TPSA) is 76.0 Å². The number of ketones is 1. The predicted molar refractivity (Wildman–Crippen MR) is 139 cm³/mol. The molecular weight excluding hydrogens is 504 g/mol. The molecule has 3 aromatic carbocycles. The second-order valence-electron chi connectivity index (χ2n) is 8.33. The molecular formula is C28H22Cl2FNO4. The standard InChI is InChI=1S/C28H22Cl2FNO4/c1-2-13-36-24-10-7-17(20-5-3-6-22(25(20)31)27(34)35)14-18(24)16-28(11-4-12-32-28)26(33)21-9-8-19(29)15-23(21)30/h3-12,14-15H,2,13,16H2,1H3,(H,34,35). The molecule has 184 valence electrons. The number of hydrogen-bond donors (Lipinski definition) is 1. The van der Waals surface area contributed by atoms with Crippen molar-refractivity contribution in [2.24, 2.45) is 4.99 Å². The fourth-order valence-electron chi connectivity index (χ4n) is 4.10. The summed E-state index contributed by atoms with van der Waals surface area (Å²) in [4.78, 5) is 29.6. The number of ether oxygens (including phenoxy) is 1. The number of carboxylic acid groups (broad SMARTS) is 1. The maximum atomic E-state index is 15.0. The fraction of sp³-hybridized carbons (Fsp3) is 0.179. The van der Waals surface area contributed by atoms with Crippen LogP contribution in [0.5, 0.6) is 5.75 Å². The number of aliphatic imine (C=N–C) groups is 1. The molecule has 5 nitrogen and oxygen atoms in total. The van der Waals surface area contributed by atoms with Gasteiger partial charge in [0.05, 0.1) is 17.2 Å². The van der Waals surface area contributed by atoms with Gasteiger partial charge >= 0.3 is 5.97 Å². The third-order valence-electron chi connectivity index (χ3n) is 5.85. The van der Waals surface area contributed by atoms with E-state index >= 15 is 4.39 Å². The lowest BCUT2D eigenvalue weighted by Crippen LogP contribution is -2.36. The smallest absolute Gasteiger partial charge is 0.338 e. The van der Waals surface area contributed by atoms with Crippen molar-refractivity contribution in [1.29, 1.82) is 0 Å². The van der Waals surface area contributed by atoms with Gasteiger partial charge in [0, 0.05) is 28.8 Å². The first-order chi connectivity index (χ1) is 17.3. The summed E-state index contributed by atoms with van der Waals surface area (Å²) >= 11 is 12.3. The monoisotopic (exact) mass is 525 g/mol. The molecule has 4 rings (SSSR count). The van der Waals surface area contributed by atoms with Crippen LogP contribution in [0.1, 0.15) is 39.6 Å². The van der Waals surface area contributed by atoms with Gasteiger partial charge in [0.1, 0.15) is 17.1 Å². The summed E-state index contributed by atoms with van der Waals surface area (Å²) in [5.41, 5.74) is -0.243. The fourth-order valence-corrected chi connectivity index (χ4v) is 4.59. The average molecular weight is 526 g/mol. The molecule has 0 amide bonds. The zero-order chi connectivity index (χ0) is 25.9. The van der Waals surface area contributed by atoms with Crippen LogP contribution in [0.15, 0.2) is 71.7 Å². The number of hydrogen-bond acceptors (Lipinski definition) is 4. The summed E-state index contributed by atoms with van der Waals surface area (Å²) in [6.45, 7) is 2.41. The van der Waals surface area contributed by atoms with Crippen LogP contribution in [0, 0.1) is 5.82 Å². The molecule has 0 aromatic heterocycles. The highest BCUT2D eigenvalue weighted by Crippen LogP contribution is 2.36. The maximum Gasteiger partial charge on any atom is 0.338 e. The van der Waals surface area contributed by atoms with Gasteiger partial charge in [0.25, 0.3) is 0 Å². The molecule has 1 aliphatic heterocycles. The number of halogens is 3. The van der Waals surface area contributed by atoms with Crippen LogP contribution in [0.3, 0.4) is 0 Å². The lowest BCUT2D eigenvalue weighted by atomic mass is 9.83. The van der Waals surface area contributed by atoms with Gasteiger partial charge in [-0.05, 0) is 66.1 Å². The quantitative estimate of drug-likeness (QED) is 0.302. The van der Waals surface area contributed by atoms with E-state index in [9.17, 15) is 14.7 Å². The number of nitrogens with zero attached hydrogens (tertiary/aromatic N) is 1. The van der Waals surface area contributed by atoms with Gasteiger partial charge in [0.2, 0.25) is 0 Å². The Balaban J connectivity index is 1.80. The number of aromatic carboxylic acids is 1. The molecule has 1 heterocycles. The van der Waals surface area contributed by atoms with Gasteiger partial charge in [-0.2, -0.15) is 0 Å². The molecule has 1 aliphatic rings. The number of carboxylic acids is 1. The molecule has 1 unspecified atom stereocenters. The van der Waals surface area contributed by atoms with Crippen molar-refractivity contribution in [3.05, 3.63) is 99.3 Å². The number of carbonyl (C=O) groups excluding carboxylic acids is 1. The van der Waals surface area contributed by atoms with Crippen LogP contribution in [-0.2, 0) is 6.42 Å². The number of rotatable bonds is 9. The van der Waals surface area contributed by atoms with Gasteiger partial charge in [-0.1, -0.05) is 48.3 Å². The number of carbonyl (C=O) groups is 2. The minimum atomic E-state index is -1.35. The van der Waals surface area contributed by atoms with Crippen LogP contribution in [0.4, 0.5) is 4.39 Å². The van der Waals surface area contributed by atoms with E-state index in [1.807, 2.05) is 6.92 Å². The van der Waals surface area contributed by atoms with E-state index in [0.717, 1.165) is 6.42 Å². The largest absolute Gasteiger partial charge is 0.493 e. The molecule has 8 heteroatoms. The summed E-state index contributed by atoms with van der Waals surface area (Å²) < 4.78 is 21.0. The highest BCUT2D eigenvalue weighted by Gasteiger charge is 2.39. The van der Waals surface area contributed by atoms with Crippen LogP contribution < -0.4 is 4.74 Å². The highest BCUT2D eigenvalue weighted by molar-refractivity contribution is 6.37. The molecule has 1 N–H and O–H groups in total. The van der Waals surface area contributed by atoms with Crippen molar-refractivity contribution in [2.45, 2.75) is 25.3 Å². The second-order valence-corrected chi connectivity index (χ2v) is 9.18. The van der Waals surface area contributed by atoms with Crippen LogP contribution in [0.25, 0.3) is 11.1 Å². The van der Waals surface area contributed by atoms with E-state index in [-0.39, 0.29) is 28.4 Å². The second kappa shape index (κ2) is 10.6. The molecule has 0 bridgehead atoms. The van der Waals surface area contributed by atoms with E-state index in [0.29, 0.717) is 28.5 Å². The highest BCUT2D eigenvalue weighted by atomic mass is 35.5. The van der Waals surface area contributed by atoms with Crippen molar-refractivity contribution >= 4 is 41.2 Å². The minimum absolute atomic E-state index is 0.116. The Kier molecular flexibility index (Phi) is 7.57. The molecule has 0 spiro atoms. The van der Waals surface area contributed by atoms with Crippen molar-refractivity contribution in [1.82, 2.24) is 0 Å². The zero-order valence-electron chi connectivity index (χ0n) is 19.3. The third kappa shape index (κ3) is 5.06. The first kappa shape index (κ1) is 25.6. The molecule has 0 saturated carbocycles. The molecule has 0 saturated heterocycles. The minimum Gasteiger partial charge on any atom is -0.493 e. The molecule has 0 aliphatic carbocycles. The lowest BCUT2D eigenvalue weighted by Gasteiger charge is -2.25. The zero-order valence-corrected chi connectivity index (χ0v) is 20.8. The Morgan fingerprint density at radius 1 is 1.08 bits per heavy atom. The summed E-state index contributed by atoms with van der Waals surface area (Å²) in [7, 11) is 0. The van der Waals surface area contributed by atoms with Gasteiger partial charge < -0.3 is 9.84 Å².